The van der Waals surface area contributed by atoms with E-state index in [0.717, 1.165) is 5.69 Å². The standard InChI is InChI=1S/C17H26N2O5/c1-4-23-10-11-24-9-8-19(13-17(21)22-3)16-7-5-6-15(12-16)18-14(2)20/h5-7,12H,4,8-11,13H2,1-3H3,(H,18,20). The maximum absolute atomic E-state index is 11.6. The Kier molecular flexibility index (Phi) is 9.48. The summed E-state index contributed by atoms with van der Waals surface area (Å²) in [5, 5.41) is 2.73. The number of hydrogen-bond acceptors (Lipinski definition) is 6. The molecule has 0 fully saturated rings. The number of nitrogens with zero attached hydrogens (tertiary/aromatic N) is 1. The Labute approximate surface area is 142 Å². The molecule has 1 rings (SSSR count). The molecular formula is C17H26N2O5. The van der Waals surface area contributed by atoms with Crippen molar-refractivity contribution in [1.29, 1.82) is 0 Å². The van der Waals surface area contributed by atoms with Crippen molar-refractivity contribution in [2.24, 2.45) is 0 Å². The Bertz CT molecular complexity index is 521. The SMILES string of the molecule is CCOCCOCCN(CC(=O)OC)c1cccc(NC(C)=O)c1. The number of rotatable bonds is 11. The van der Waals surface area contributed by atoms with Gasteiger partial charge in [-0.3, -0.25) is 9.59 Å². The first kappa shape index (κ1) is 19.9. The number of carbonyl (C=O) groups excluding carboxylic acids is 2. The number of benzene rings is 1. The van der Waals surface area contributed by atoms with Crippen molar-refractivity contribution in [3.63, 3.8) is 0 Å². The first-order valence-corrected chi connectivity index (χ1v) is 7.91. The van der Waals surface area contributed by atoms with Gasteiger partial charge in [0, 0.05) is 31.5 Å². The van der Waals surface area contributed by atoms with Crippen LogP contribution in [0.3, 0.4) is 0 Å². The quantitative estimate of drug-likeness (QED) is 0.489. The molecule has 0 unspecified atom stereocenters. The van der Waals surface area contributed by atoms with Crippen LogP contribution in [0, 0.1) is 0 Å². The van der Waals surface area contributed by atoms with Gasteiger partial charge in [0.25, 0.3) is 0 Å². The van der Waals surface area contributed by atoms with Gasteiger partial charge in [0.15, 0.2) is 0 Å². The highest BCUT2D eigenvalue weighted by atomic mass is 16.5. The summed E-state index contributed by atoms with van der Waals surface area (Å²) in [4.78, 5) is 24.7. The van der Waals surface area contributed by atoms with Crippen molar-refractivity contribution in [1.82, 2.24) is 0 Å². The molecule has 0 saturated carbocycles. The number of amides is 1. The number of anilines is 2. The molecule has 7 nitrogen and oxygen atoms in total. The van der Waals surface area contributed by atoms with Crippen LogP contribution >= 0.6 is 0 Å². The highest BCUT2D eigenvalue weighted by Crippen LogP contribution is 2.19. The molecule has 0 saturated heterocycles. The van der Waals surface area contributed by atoms with E-state index in [2.05, 4.69) is 5.32 Å². The molecule has 0 bridgehead atoms. The molecule has 1 N–H and O–H groups in total. The van der Waals surface area contributed by atoms with Crippen molar-refractivity contribution in [3.05, 3.63) is 24.3 Å². The highest BCUT2D eigenvalue weighted by molar-refractivity contribution is 5.89. The van der Waals surface area contributed by atoms with Crippen LogP contribution in [-0.4, -0.2) is 58.5 Å². The maximum atomic E-state index is 11.6. The topological polar surface area (TPSA) is 77.1 Å². The minimum absolute atomic E-state index is 0.106. The lowest BCUT2D eigenvalue weighted by Gasteiger charge is -2.24. The van der Waals surface area contributed by atoms with Crippen LogP contribution in [0.4, 0.5) is 11.4 Å². The van der Waals surface area contributed by atoms with E-state index in [0.29, 0.717) is 38.7 Å². The predicted molar refractivity (Wildman–Crippen MR) is 92.3 cm³/mol. The molecule has 0 atom stereocenters. The fraction of sp³-hybridized carbons (Fsp3) is 0.529. The summed E-state index contributed by atoms with van der Waals surface area (Å²) >= 11 is 0. The van der Waals surface area contributed by atoms with E-state index in [1.54, 1.807) is 6.07 Å². The number of carbonyl (C=O) groups is 2. The summed E-state index contributed by atoms with van der Waals surface area (Å²) in [7, 11) is 1.35. The van der Waals surface area contributed by atoms with Crippen LogP contribution in [-0.2, 0) is 23.8 Å². The zero-order valence-corrected chi connectivity index (χ0v) is 14.5. The summed E-state index contributed by atoms with van der Waals surface area (Å²) in [6, 6.07) is 7.29. The molecule has 0 spiro atoms. The van der Waals surface area contributed by atoms with Gasteiger partial charge in [-0.05, 0) is 25.1 Å². The summed E-state index contributed by atoms with van der Waals surface area (Å²) in [5.74, 6) is -0.486. The molecule has 0 radical (unpaired) electrons. The molecule has 0 aliphatic rings. The Morgan fingerprint density at radius 2 is 1.92 bits per heavy atom. The Balaban J connectivity index is 2.67. The van der Waals surface area contributed by atoms with Crippen LogP contribution in [0.5, 0.6) is 0 Å². The number of ether oxygens (including phenoxy) is 3. The van der Waals surface area contributed by atoms with Gasteiger partial charge in [0.05, 0.1) is 26.9 Å². The lowest BCUT2D eigenvalue weighted by Crippen LogP contribution is -2.33. The van der Waals surface area contributed by atoms with Crippen molar-refractivity contribution < 1.29 is 23.8 Å². The van der Waals surface area contributed by atoms with Crippen LogP contribution < -0.4 is 10.2 Å². The monoisotopic (exact) mass is 338 g/mol. The first-order valence-electron chi connectivity index (χ1n) is 7.91. The minimum Gasteiger partial charge on any atom is -0.468 e. The Morgan fingerprint density at radius 3 is 2.58 bits per heavy atom. The molecule has 1 amide bonds. The number of nitrogens with one attached hydrogen (secondary N) is 1. The van der Waals surface area contributed by atoms with Gasteiger partial charge in [-0.25, -0.2) is 0 Å². The molecule has 134 valence electrons. The first-order chi connectivity index (χ1) is 11.6. The van der Waals surface area contributed by atoms with Crippen molar-refractivity contribution in [3.8, 4) is 0 Å². The third-order valence-corrected chi connectivity index (χ3v) is 3.16. The van der Waals surface area contributed by atoms with E-state index in [9.17, 15) is 9.59 Å². The third-order valence-electron chi connectivity index (χ3n) is 3.16. The highest BCUT2D eigenvalue weighted by Gasteiger charge is 2.12. The maximum Gasteiger partial charge on any atom is 0.325 e. The van der Waals surface area contributed by atoms with E-state index in [1.165, 1.54) is 14.0 Å². The smallest absolute Gasteiger partial charge is 0.325 e. The van der Waals surface area contributed by atoms with E-state index in [1.807, 2.05) is 30.0 Å². The van der Waals surface area contributed by atoms with Gasteiger partial charge >= 0.3 is 5.97 Å². The van der Waals surface area contributed by atoms with E-state index in [4.69, 9.17) is 14.2 Å². The van der Waals surface area contributed by atoms with Gasteiger partial charge in [-0.15, -0.1) is 0 Å². The number of hydrogen-bond donors (Lipinski definition) is 1. The number of methoxy groups -OCH3 is 1. The Hall–Kier alpha value is -2.12. The summed E-state index contributed by atoms with van der Waals surface area (Å²) < 4.78 is 15.5. The van der Waals surface area contributed by atoms with Gasteiger partial charge in [-0.2, -0.15) is 0 Å². The second-order valence-electron chi connectivity index (χ2n) is 5.04. The molecule has 24 heavy (non-hydrogen) atoms. The number of esters is 1. The minimum atomic E-state index is -0.339. The van der Waals surface area contributed by atoms with Gasteiger partial charge < -0.3 is 24.4 Å². The molecule has 0 aliphatic heterocycles. The third kappa shape index (κ3) is 7.94. The lowest BCUT2D eigenvalue weighted by atomic mass is 10.2. The van der Waals surface area contributed by atoms with E-state index < -0.39 is 0 Å². The normalized spacial score (nSPS) is 10.3. The molecule has 7 heteroatoms. The van der Waals surface area contributed by atoms with Gasteiger partial charge in [0.1, 0.15) is 6.54 Å². The average molecular weight is 338 g/mol. The molecule has 0 aliphatic carbocycles. The fourth-order valence-electron chi connectivity index (χ4n) is 2.04. The largest absolute Gasteiger partial charge is 0.468 e. The second-order valence-corrected chi connectivity index (χ2v) is 5.04. The zero-order valence-electron chi connectivity index (χ0n) is 14.5. The van der Waals surface area contributed by atoms with Gasteiger partial charge in [-0.1, -0.05) is 6.07 Å². The van der Waals surface area contributed by atoms with Crippen LogP contribution in [0.15, 0.2) is 24.3 Å². The Morgan fingerprint density at radius 1 is 1.17 bits per heavy atom. The van der Waals surface area contributed by atoms with Crippen molar-refractivity contribution in [2.45, 2.75) is 13.8 Å². The van der Waals surface area contributed by atoms with Crippen LogP contribution in [0.2, 0.25) is 0 Å². The van der Waals surface area contributed by atoms with Gasteiger partial charge in [0.2, 0.25) is 5.91 Å². The molecule has 1 aromatic rings. The van der Waals surface area contributed by atoms with E-state index >= 15 is 0 Å². The molecule has 1 aromatic carbocycles. The fourth-order valence-corrected chi connectivity index (χ4v) is 2.04. The zero-order chi connectivity index (χ0) is 17.8. The molecule has 0 aromatic heterocycles. The van der Waals surface area contributed by atoms with Crippen LogP contribution in [0.25, 0.3) is 0 Å². The average Bonchev–Trinajstić information content (AvgIpc) is 2.56. The van der Waals surface area contributed by atoms with Crippen molar-refractivity contribution >= 4 is 23.3 Å². The second kappa shape index (κ2) is 11.4. The van der Waals surface area contributed by atoms with Crippen molar-refractivity contribution in [2.75, 3.05) is 56.8 Å². The lowest BCUT2D eigenvalue weighted by molar-refractivity contribution is -0.139. The predicted octanol–water partition coefficient (Wildman–Crippen LogP) is 1.68. The summed E-state index contributed by atoms with van der Waals surface area (Å²) in [5.41, 5.74) is 1.48. The summed E-state index contributed by atoms with van der Waals surface area (Å²) in [6.45, 7) is 6.17. The van der Waals surface area contributed by atoms with Crippen LogP contribution in [0.1, 0.15) is 13.8 Å². The molecule has 0 heterocycles. The molecular weight excluding hydrogens is 312 g/mol. The summed E-state index contributed by atoms with van der Waals surface area (Å²) in [6.07, 6.45) is 0. The van der Waals surface area contributed by atoms with E-state index in [-0.39, 0.29) is 18.4 Å².